The number of aromatic amines is 1. The molecule has 2 aliphatic heterocycles. The first-order valence-corrected chi connectivity index (χ1v) is 10.4. The third-order valence-corrected chi connectivity index (χ3v) is 5.64. The number of H-pyrrole nitrogens is 1. The molecule has 1 aromatic heterocycles. The molecule has 8 nitrogen and oxygen atoms in total. The van der Waals surface area contributed by atoms with Crippen LogP contribution in [-0.2, 0) is 9.63 Å². The molecule has 0 atom stereocenters. The number of nitrogens with one attached hydrogen (secondary N) is 2. The highest BCUT2D eigenvalue weighted by Crippen LogP contribution is 2.36. The van der Waals surface area contributed by atoms with Gasteiger partial charge in [0, 0.05) is 47.7 Å². The Hall–Kier alpha value is -3.07. The third-order valence-electron chi connectivity index (χ3n) is 5.41. The maximum absolute atomic E-state index is 12.4. The van der Waals surface area contributed by atoms with Gasteiger partial charge in [0.15, 0.2) is 12.5 Å². The van der Waals surface area contributed by atoms with Crippen LogP contribution < -0.4 is 5.32 Å². The van der Waals surface area contributed by atoms with Crippen molar-refractivity contribution in [3.05, 3.63) is 58.6 Å². The molecule has 3 heterocycles. The standard InChI is InChI=1S/C22H20ClN5O3.ClH/c23-13-5-6-17-15(11-13)19(22(30)26-17)21-20(14-3-1-2-4-16(14)25-21)27-31-12-18(29)28-9-7-24-8-10-28;/h1-6,11,24,26,30H,7-10,12H2;1H/b27-20+;. The average Bonchev–Trinajstić information content (AvgIpc) is 3.30. The van der Waals surface area contributed by atoms with E-state index in [1.807, 2.05) is 24.3 Å². The monoisotopic (exact) mass is 473 g/mol. The van der Waals surface area contributed by atoms with E-state index in [-0.39, 0.29) is 30.8 Å². The van der Waals surface area contributed by atoms with Gasteiger partial charge < -0.3 is 25.1 Å². The number of carbonyl (C=O) groups is 1. The maximum atomic E-state index is 12.4. The maximum Gasteiger partial charge on any atom is 0.263 e. The van der Waals surface area contributed by atoms with Crippen molar-refractivity contribution in [1.29, 1.82) is 0 Å². The predicted octanol–water partition coefficient (Wildman–Crippen LogP) is 3.24. The number of piperazine rings is 1. The number of oxime groups is 1. The number of aromatic nitrogens is 1. The van der Waals surface area contributed by atoms with E-state index in [0.717, 1.165) is 29.6 Å². The van der Waals surface area contributed by atoms with E-state index in [1.54, 1.807) is 23.1 Å². The number of carbonyl (C=O) groups excluding carboxylic acids is 1. The molecule has 32 heavy (non-hydrogen) atoms. The molecule has 1 amide bonds. The second kappa shape index (κ2) is 9.20. The summed E-state index contributed by atoms with van der Waals surface area (Å²) in [6.07, 6.45) is 0. The Morgan fingerprint density at radius 3 is 2.81 bits per heavy atom. The van der Waals surface area contributed by atoms with Gasteiger partial charge in [-0.2, -0.15) is 0 Å². The molecule has 3 N–H and O–H groups in total. The summed E-state index contributed by atoms with van der Waals surface area (Å²) in [5.74, 6) is -0.147. The lowest BCUT2D eigenvalue weighted by Gasteiger charge is -2.26. The predicted molar refractivity (Wildman–Crippen MR) is 127 cm³/mol. The zero-order valence-electron chi connectivity index (χ0n) is 17.0. The molecule has 2 aromatic carbocycles. The van der Waals surface area contributed by atoms with Crippen LogP contribution in [0.4, 0.5) is 5.69 Å². The normalized spacial score (nSPS) is 16.6. The second-order valence-corrected chi connectivity index (χ2v) is 7.80. The number of hydrogen-bond acceptors (Lipinski definition) is 6. The van der Waals surface area contributed by atoms with Gasteiger partial charge in [0.1, 0.15) is 11.4 Å². The Morgan fingerprint density at radius 1 is 1.22 bits per heavy atom. The molecule has 1 saturated heterocycles. The van der Waals surface area contributed by atoms with Crippen molar-refractivity contribution < 1.29 is 14.7 Å². The zero-order valence-corrected chi connectivity index (χ0v) is 18.5. The highest BCUT2D eigenvalue weighted by atomic mass is 35.5. The van der Waals surface area contributed by atoms with Crippen molar-refractivity contribution in [2.24, 2.45) is 10.1 Å². The first-order chi connectivity index (χ1) is 15.1. The van der Waals surface area contributed by atoms with E-state index in [0.29, 0.717) is 40.8 Å². The Kier molecular flexibility index (Phi) is 6.36. The van der Waals surface area contributed by atoms with E-state index in [1.165, 1.54) is 0 Å². The minimum atomic E-state index is -0.162. The lowest BCUT2D eigenvalue weighted by molar-refractivity contribution is -0.136. The summed E-state index contributed by atoms with van der Waals surface area (Å²) in [7, 11) is 0. The minimum Gasteiger partial charge on any atom is -0.494 e. The smallest absolute Gasteiger partial charge is 0.263 e. The summed E-state index contributed by atoms with van der Waals surface area (Å²) >= 11 is 6.19. The summed E-state index contributed by atoms with van der Waals surface area (Å²) in [6, 6.07) is 12.8. The molecule has 0 saturated carbocycles. The van der Waals surface area contributed by atoms with Crippen molar-refractivity contribution in [3.63, 3.8) is 0 Å². The van der Waals surface area contributed by atoms with Gasteiger partial charge in [-0.1, -0.05) is 35.0 Å². The van der Waals surface area contributed by atoms with Crippen LogP contribution in [0.5, 0.6) is 5.88 Å². The van der Waals surface area contributed by atoms with Crippen molar-refractivity contribution in [2.45, 2.75) is 0 Å². The number of aromatic hydroxyl groups is 1. The topological polar surface area (TPSA) is 102 Å². The minimum absolute atomic E-state index is 0. The van der Waals surface area contributed by atoms with Crippen LogP contribution >= 0.6 is 24.0 Å². The molecule has 0 bridgehead atoms. The highest BCUT2D eigenvalue weighted by Gasteiger charge is 2.29. The van der Waals surface area contributed by atoms with Crippen LogP contribution in [0.1, 0.15) is 11.1 Å². The van der Waals surface area contributed by atoms with Crippen LogP contribution in [0.2, 0.25) is 5.02 Å². The highest BCUT2D eigenvalue weighted by molar-refractivity contribution is 6.58. The first-order valence-electron chi connectivity index (χ1n) is 9.99. The van der Waals surface area contributed by atoms with Gasteiger partial charge in [0.2, 0.25) is 0 Å². The average molecular weight is 474 g/mol. The van der Waals surface area contributed by atoms with E-state index in [2.05, 4.69) is 20.4 Å². The molecular formula is C22H21Cl2N5O3. The molecule has 3 aromatic rings. The number of amides is 1. The van der Waals surface area contributed by atoms with E-state index in [4.69, 9.17) is 16.4 Å². The fourth-order valence-corrected chi connectivity index (χ4v) is 4.06. The van der Waals surface area contributed by atoms with Gasteiger partial charge >= 0.3 is 0 Å². The molecule has 1 fully saturated rings. The number of benzene rings is 2. The molecule has 2 aliphatic rings. The van der Waals surface area contributed by atoms with Crippen molar-refractivity contribution >= 4 is 57.9 Å². The molecule has 10 heteroatoms. The Labute approximate surface area is 195 Å². The molecule has 5 rings (SSSR count). The number of para-hydroxylation sites is 1. The molecule has 0 aliphatic carbocycles. The second-order valence-electron chi connectivity index (χ2n) is 7.36. The van der Waals surface area contributed by atoms with Gasteiger partial charge in [-0.15, -0.1) is 12.4 Å². The molecule has 0 radical (unpaired) electrons. The summed E-state index contributed by atoms with van der Waals surface area (Å²) in [6.45, 7) is 2.68. The molecule has 0 unspecified atom stereocenters. The largest absolute Gasteiger partial charge is 0.494 e. The van der Waals surface area contributed by atoms with Crippen LogP contribution in [0.25, 0.3) is 10.9 Å². The van der Waals surface area contributed by atoms with Crippen LogP contribution in [0.15, 0.2) is 52.6 Å². The van der Waals surface area contributed by atoms with Gasteiger partial charge in [0.05, 0.1) is 11.3 Å². The fraction of sp³-hybridized carbons (Fsp3) is 0.227. The number of hydrogen-bond donors (Lipinski definition) is 3. The first kappa shape index (κ1) is 22.1. The third kappa shape index (κ3) is 4.04. The Balaban J connectivity index is 0.00000245. The number of halogens is 2. The van der Waals surface area contributed by atoms with Gasteiger partial charge in [0.25, 0.3) is 5.91 Å². The van der Waals surface area contributed by atoms with Crippen LogP contribution in [-0.4, -0.2) is 65.1 Å². The van der Waals surface area contributed by atoms with Gasteiger partial charge in [-0.3, -0.25) is 4.79 Å². The number of nitrogens with zero attached hydrogens (tertiary/aromatic N) is 3. The lowest BCUT2D eigenvalue weighted by atomic mass is 10.0. The van der Waals surface area contributed by atoms with Crippen LogP contribution in [0.3, 0.4) is 0 Å². The summed E-state index contributed by atoms with van der Waals surface area (Å²) in [5.41, 5.74) is 3.61. The number of fused-ring (bicyclic) bond motifs is 2. The van der Waals surface area contributed by atoms with Gasteiger partial charge in [-0.05, 0) is 24.3 Å². The summed E-state index contributed by atoms with van der Waals surface area (Å²) < 4.78 is 0. The van der Waals surface area contributed by atoms with E-state index < -0.39 is 0 Å². The number of aliphatic imine (C=N–C) groups is 1. The quantitative estimate of drug-likeness (QED) is 0.506. The van der Waals surface area contributed by atoms with E-state index >= 15 is 0 Å². The Morgan fingerprint density at radius 2 is 2.00 bits per heavy atom. The van der Waals surface area contributed by atoms with Gasteiger partial charge in [-0.25, -0.2) is 4.99 Å². The molecular weight excluding hydrogens is 453 g/mol. The summed E-state index contributed by atoms with van der Waals surface area (Å²) in [5, 5.41) is 19.4. The van der Waals surface area contributed by atoms with Crippen molar-refractivity contribution in [3.8, 4) is 5.88 Å². The Bertz CT molecular complexity index is 1230. The zero-order chi connectivity index (χ0) is 21.4. The fourth-order valence-electron chi connectivity index (χ4n) is 3.89. The van der Waals surface area contributed by atoms with Crippen molar-refractivity contribution in [1.82, 2.24) is 15.2 Å². The SMILES string of the molecule is Cl.O=C(CO/N=C1/C(c2c(O)[nH]c3ccc(Cl)cc23)=Nc2ccccc21)N1CCNCC1. The number of rotatable bonds is 4. The lowest BCUT2D eigenvalue weighted by Crippen LogP contribution is -2.47. The van der Waals surface area contributed by atoms with Crippen LogP contribution in [0, 0.1) is 0 Å². The van der Waals surface area contributed by atoms with E-state index in [9.17, 15) is 9.90 Å². The molecule has 166 valence electrons. The summed E-state index contributed by atoms with van der Waals surface area (Å²) in [4.78, 5) is 27.3. The van der Waals surface area contributed by atoms with Crippen molar-refractivity contribution in [2.75, 3.05) is 32.8 Å². The molecule has 0 spiro atoms.